The minimum Gasteiger partial charge on any atom is -0.360 e. The lowest BCUT2D eigenvalue weighted by Crippen LogP contribution is -2.53. The third-order valence-corrected chi connectivity index (χ3v) is 6.99. The second-order valence-electron chi connectivity index (χ2n) is 7.09. The molecule has 2 aromatic carbocycles. The second-order valence-corrected chi connectivity index (χ2v) is 9.42. The van der Waals surface area contributed by atoms with Crippen molar-refractivity contribution in [1.82, 2.24) is 14.9 Å². The zero-order chi connectivity index (χ0) is 23.1. The molecule has 1 fully saturated rings. The quantitative estimate of drug-likeness (QED) is 0.583. The van der Waals surface area contributed by atoms with Gasteiger partial charge in [-0.1, -0.05) is 23.7 Å². The summed E-state index contributed by atoms with van der Waals surface area (Å²) in [6.07, 6.45) is -0.0142. The van der Waals surface area contributed by atoms with Gasteiger partial charge in [-0.3, -0.25) is 9.59 Å². The van der Waals surface area contributed by atoms with Gasteiger partial charge >= 0.3 is 11.8 Å². The Bertz CT molecular complexity index is 1050. The molecule has 1 atom stereocenters. The highest BCUT2D eigenvalue weighted by Crippen LogP contribution is 2.23. The first-order valence-corrected chi connectivity index (χ1v) is 11.8. The van der Waals surface area contributed by atoms with Gasteiger partial charge in [0.25, 0.3) is 0 Å². The van der Waals surface area contributed by atoms with Crippen molar-refractivity contribution in [2.45, 2.75) is 24.0 Å². The molecule has 0 spiro atoms. The molecule has 0 aliphatic carbocycles. The molecular weight excluding hydrogens is 461 g/mol. The molecule has 0 bridgehead atoms. The Morgan fingerprint density at radius 3 is 2.41 bits per heavy atom. The Kier molecular flexibility index (Phi) is 8.19. The van der Waals surface area contributed by atoms with E-state index in [1.54, 1.807) is 12.1 Å². The molecule has 2 aromatic rings. The SMILES string of the molecule is O=C(NCCc1ccc(F)cc1)C(=O)NC[C@H]1OCCCN1S(=O)(=O)c1ccc(Cl)cc1. The fourth-order valence-corrected chi connectivity index (χ4v) is 4.85. The molecule has 1 saturated heterocycles. The highest BCUT2D eigenvalue weighted by molar-refractivity contribution is 7.89. The van der Waals surface area contributed by atoms with Crippen molar-refractivity contribution in [2.75, 3.05) is 26.2 Å². The van der Waals surface area contributed by atoms with Gasteiger partial charge < -0.3 is 15.4 Å². The highest BCUT2D eigenvalue weighted by Gasteiger charge is 2.34. The first-order valence-electron chi connectivity index (χ1n) is 9.97. The number of carbonyl (C=O) groups excluding carboxylic acids is 2. The Morgan fingerprint density at radius 1 is 1.06 bits per heavy atom. The lowest BCUT2D eigenvalue weighted by molar-refractivity contribution is -0.140. The van der Waals surface area contributed by atoms with E-state index in [0.29, 0.717) is 24.5 Å². The largest absolute Gasteiger partial charge is 0.360 e. The fraction of sp³-hybridized carbons (Fsp3) is 0.333. The summed E-state index contributed by atoms with van der Waals surface area (Å²) in [5.74, 6) is -2.11. The molecular formula is C21H23ClFN3O5S. The van der Waals surface area contributed by atoms with Crippen LogP contribution in [0.15, 0.2) is 53.4 Å². The van der Waals surface area contributed by atoms with Gasteiger partial charge in [0.1, 0.15) is 12.0 Å². The van der Waals surface area contributed by atoms with Gasteiger partial charge in [-0.15, -0.1) is 0 Å². The number of rotatable bonds is 7. The van der Waals surface area contributed by atoms with E-state index < -0.39 is 28.1 Å². The van der Waals surface area contributed by atoms with Crippen molar-refractivity contribution in [3.63, 3.8) is 0 Å². The Hall–Kier alpha value is -2.53. The zero-order valence-corrected chi connectivity index (χ0v) is 18.7. The molecule has 0 saturated carbocycles. The van der Waals surface area contributed by atoms with Crippen molar-refractivity contribution in [3.05, 3.63) is 64.9 Å². The summed E-state index contributed by atoms with van der Waals surface area (Å²) in [7, 11) is -3.87. The molecule has 1 aliphatic heterocycles. The Labute approximate surface area is 190 Å². The van der Waals surface area contributed by atoms with E-state index >= 15 is 0 Å². The molecule has 11 heteroatoms. The minimum atomic E-state index is -3.87. The summed E-state index contributed by atoms with van der Waals surface area (Å²) < 4.78 is 45.6. The number of sulfonamides is 1. The van der Waals surface area contributed by atoms with Crippen LogP contribution >= 0.6 is 11.6 Å². The second kappa shape index (κ2) is 10.9. The number of hydrogen-bond acceptors (Lipinski definition) is 5. The third kappa shape index (κ3) is 6.26. The molecule has 2 amide bonds. The number of nitrogens with zero attached hydrogens (tertiary/aromatic N) is 1. The van der Waals surface area contributed by atoms with Gasteiger partial charge in [0, 0.05) is 18.1 Å². The number of amides is 2. The van der Waals surface area contributed by atoms with E-state index in [1.807, 2.05) is 0 Å². The molecule has 0 unspecified atom stereocenters. The van der Waals surface area contributed by atoms with E-state index in [-0.39, 0.29) is 30.3 Å². The van der Waals surface area contributed by atoms with Crippen molar-refractivity contribution >= 4 is 33.4 Å². The summed E-state index contributed by atoms with van der Waals surface area (Å²) >= 11 is 5.83. The summed E-state index contributed by atoms with van der Waals surface area (Å²) in [4.78, 5) is 24.2. The summed E-state index contributed by atoms with van der Waals surface area (Å²) in [5, 5.41) is 5.30. The van der Waals surface area contributed by atoms with Crippen molar-refractivity contribution in [1.29, 1.82) is 0 Å². The molecule has 3 rings (SSSR count). The van der Waals surface area contributed by atoms with Crippen LogP contribution in [-0.2, 0) is 30.8 Å². The maximum Gasteiger partial charge on any atom is 0.309 e. The van der Waals surface area contributed by atoms with Crippen LogP contribution in [0.4, 0.5) is 4.39 Å². The van der Waals surface area contributed by atoms with Gasteiger partial charge in [0.05, 0.1) is 18.0 Å². The first-order chi connectivity index (χ1) is 15.3. The van der Waals surface area contributed by atoms with Crippen LogP contribution in [0.1, 0.15) is 12.0 Å². The number of ether oxygens (including phenoxy) is 1. The average Bonchev–Trinajstić information content (AvgIpc) is 2.79. The smallest absolute Gasteiger partial charge is 0.309 e. The van der Waals surface area contributed by atoms with Crippen molar-refractivity contribution in [3.8, 4) is 0 Å². The van der Waals surface area contributed by atoms with Crippen molar-refractivity contribution < 1.29 is 27.1 Å². The van der Waals surface area contributed by atoms with Gasteiger partial charge in [-0.05, 0) is 54.8 Å². The van der Waals surface area contributed by atoms with Crippen LogP contribution in [-0.4, -0.2) is 57.0 Å². The summed E-state index contributed by atoms with van der Waals surface area (Å²) in [6, 6.07) is 11.6. The number of carbonyl (C=O) groups is 2. The number of nitrogens with one attached hydrogen (secondary N) is 2. The summed E-state index contributed by atoms with van der Waals surface area (Å²) in [5.41, 5.74) is 0.811. The van der Waals surface area contributed by atoms with E-state index in [9.17, 15) is 22.4 Å². The molecule has 8 nitrogen and oxygen atoms in total. The van der Waals surface area contributed by atoms with Crippen LogP contribution in [0.25, 0.3) is 0 Å². The van der Waals surface area contributed by atoms with Crippen molar-refractivity contribution in [2.24, 2.45) is 0 Å². The van der Waals surface area contributed by atoms with Crippen LogP contribution < -0.4 is 10.6 Å². The van der Waals surface area contributed by atoms with Crippen LogP contribution in [0, 0.1) is 5.82 Å². The lowest BCUT2D eigenvalue weighted by atomic mass is 10.1. The van der Waals surface area contributed by atoms with Crippen LogP contribution in [0.3, 0.4) is 0 Å². The van der Waals surface area contributed by atoms with E-state index in [1.165, 1.54) is 36.4 Å². The fourth-order valence-electron chi connectivity index (χ4n) is 3.16. The predicted octanol–water partition coefficient (Wildman–Crippen LogP) is 1.69. The maximum absolute atomic E-state index is 13.0. The lowest BCUT2D eigenvalue weighted by Gasteiger charge is -2.34. The average molecular weight is 484 g/mol. The summed E-state index contributed by atoms with van der Waals surface area (Å²) in [6.45, 7) is 0.554. The van der Waals surface area contributed by atoms with Crippen LogP contribution in [0.5, 0.6) is 0 Å². The topological polar surface area (TPSA) is 105 Å². The highest BCUT2D eigenvalue weighted by atomic mass is 35.5. The molecule has 32 heavy (non-hydrogen) atoms. The molecule has 1 aliphatic rings. The Morgan fingerprint density at radius 2 is 1.72 bits per heavy atom. The molecule has 0 radical (unpaired) electrons. The molecule has 0 aromatic heterocycles. The zero-order valence-electron chi connectivity index (χ0n) is 17.1. The molecule has 1 heterocycles. The Balaban J connectivity index is 1.53. The standard InChI is InChI=1S/C21H23ClFN3O5S/c22-16-4-8-18(9-5-16)32(29,30)26-12-1-13-31-19(26)14-25-21(28)20(27)24-11-10-15-2-6-17(23)7-3-15/h2-9,19H,1,10-14H2,(H,24,27)(H,25,28)/t19-/m1/s1. The first kappa shape index (κ1) is 24.1. The van der Waals surface area contributed by atoms with Gasteiger partial charge in [0.2, 0.25) is 10.0 Å². The monoisotopic (exact) mass is 483 g/mol. The van der Waals surface area contributed by atoms with Crippen LogP contribution in [0.2, 0.25) is 5.02 Å². The molecule has 172 valence electrons. The van der Waals surface area contributed by atoms with E-state index in [4.69, 9.17) is 16.3 Å². The van der Waals surface area contributed by atoms with Gasteiger partial charge in [-0.2, -0.15) is 4.31 Å². The number of benzene rings is 2. The minimum absolute atomic E-state index is 0.0577. The van der Waals surface area contributed by atoms with Gasteiger partial charge in [-0.25, -0.2) is 12.8 Å². The van der Waals surface area contributed by atoms with E-state index in [2.05, 4.69) is 10.6 Å². The normalized spacial score (nSPS) is 17.0. The number of hydrogen-bond donors (Lipinski definition) is 2. The predicted molar refractivity (Wildman–Crippen MR) is 116 cm³/mol. The van der Waals surface area contributed by atoms with E-state index in [0.717, 1.165) is 9.87 Å². The molecule has 2 N–H and O–H groups in total. The number of halogens is 2. The maximum atomic E-state index is 13.0. The third-order valence-electron chi connectivity index (χ3n) is 4.83. The van der Waals surface area contributed by atoms with Gasteiger partial charge in [0.15, 0.2) is 0 Å².